The van der Waals surface area contributed by atoms with E-state index in [-0.39, 0.29) is 0 Å². The van der Waals surface area contributed by atoms with Crippen molar-refractivity contribution >= 4 is 15.9 Å². The van der Waals surface area contributed by atoms with Gasteiger partial charge in [-0.05, 0) is 24.3 Å². The quantitative estimate of drug-likeness (QED) is 0.753. The van der Waals surface area contributed by atoms with Crippen molar-refractivity contribution in [2.24, 2.45) is 11.5 Å². The Morgan fingerprint density at radius 1 is 1.00 bits per heavy atom. The van der Waals surface area contributed by atoms with Crippen LogP contribution in [0.5, 0.6) is 5.75 Å². The molecule has 0 saturated heterocycles. The van der Waals surface area contributed by atoms with E-state index in [0.717, 1.165) is 29.9 Å². The van der Waals surface area contributed by atoms with E-state index in [0.29, 0.717) is 19.7 Å². The van der Waals surface area contributed by atoms with E-state index >= 15 is 0 Å². The maximum absolute atomic E-state index is 5.64. The first-order valence-electron chi connectivity index (χ1n) is 5.77. The Morgan fingerprint density at radius 3 is 2.12 bits per heavy atom. The molecule has 0 unspecified atom stereocenters. The fourth-order valence-corrected chi connectivity index (χ4v) is 1.79. The molecule has 4 N–H and O–H groups in total. The molecule has 0 aliphatic rings. The van der Waals surface area contributed by atoms with Gasteiger partial charge in [0.25, 0.3) is 0 Å². The van der Waals surface area contributed by atoms with E-state index in [2.05, 4.69) is 20.8 Å². The number of nitrogens with zero attached hydrogens (tertiary/aromatic N) is 1. The summed E-state index contributed by atoms with van der Waals surface area (Å²) < 4.78 is 6.69. The van der Waals surface area contributed by atoms with Gasteiger partial charge >= 0.3 is 0 Å². The van der Waals surface area contributed by atoms with Crippen LogP contribution in [0.15, 0.2) is 28.7 Å². The molecule has 0 atom stereocenters. The fourth-order valence-electron chi connectivity index (χ4n) is 1.52. The molecular weight excluding hydrogens is 282 g/mol. The van der Waals surface area contributed by atoms with Gasteiger partial charge in [0.05, 0.1) is 0 Å². The van der Waals surface area contributed by atoms with Crippen molar-refractivity contribution in [3.63, 3.8) is 0 Å². The van der Waals surface area contributed by atoms with Gasteiger partial charge < -0.3 is 16.2 Å². The molecule has 1 aromatic rings. The summed E-state index contributed by atoms with van der Waals surface area (Å²) in [5.41, 5.74) is 11.1. The summed E-state index contributed by atoms with van der Waals surface area (Å²) in [4.78, 5) is 2.21. The van der Waals surface area contributed by atoms with Crippen LogP contribution in [0.3, 0.4) is 0 Å². The predicted molar refractivity (Wildman–Crippen MR) is 74.2 cm³/mol. The van der Waals surface area contributed by atoms with Gasteiger partial charge in [0.1, 0.15) is 12.4 Å². The second kappa shape index (κ2) is 8.47. The molecule has 0 heterocycles. The van der Waals surface area contributed by atoms with E-state index in [1.54, 1.807) is 0 Å². The lowest BCUT2D eigenvalue weighted by Gasteiger charge is -2.20. The molecule has 96 valence electrons. The van der Waals surface area contributed by atoms with Crippen LogP contribution in [0.1, 0.15) is 0 Å². The van der Waals surface area contributed by atoms with Crippen molar-refractivity contribution < 1.29 is 4.74 Å². The second-order valence-electron chi connectivity index (χ2n) is 3.72. The van der Waals surface area contributed by atoms with Crippen LogP contribution in [0.4, 0.5) is 0 Å². The predicted octanol–water partition coefficient (Wildman–Crippen LogP) is 1.05. The summed E-state index contributed by atoms with van der Waals surface area (Å²) >= 11 is 3.39. The zero-order valence-electron chi connectivity index (χ0n) is 9.94. The minimum absolute atomic E-state index is 0.651. The molecule has 5 heteroatoms. The van der Waals surface area contributed by atoms with Crippen LogP contribution in [0.25, 0.3) is 0 Å². The minimum Gasteiger partial charge on any atom is -0.492 e. The van der Waals surface area contributed by atoms with Gasteiger partial charge in [-0.25, -0.2) is 0 Å². The van der Waals surface area contributed by atoms with Gasteiger partial charge in [-0.2, -0.15) is 0 Å². The molecule has 0 fully saturated rings. The van der Waals surface area contributed by atoms with E-state index < -0.39 is 0 Å². The lowest BCUT2D eigenvalue weighted by molar-refractivity contribution is 0.216. The molecule has 1 rings (SSSR count). The summed E-state index contributed by atoms with van der Waals surface area (Å²) in [6, 6.07) is 7.82. The molecule has 4 nitrogen and oxygen atoms in total. The van der Waals surface area contributed by atoms with Crippen molar-refractivity contribution in [1.82, 2.24) is 4.90 Å². The Kier molecular flexibility index (Phi) is 7.19. The van der Waals surface area contributed by atoms with Gasteiger partial charge in [-0.1, -0.05) is 15.9 Å². The lowest BCUT2D eigenvalue weighted by atomic mass is 10.3. The zero-order valence-corrected chi connectivity index (χ0v) is 11.5. The number of rotatable bonds is 8. The largest absolute Gasteiger partial charge is 0.492 e. The maximum Gasteiger partial charge on any atom is 0.119 e. The highest BCUT2D eigenvalue weighted by Crippen LogP contribution is 2.15. The molecule has 0 aliphatic carbocycles. The van der Waals surface area contributed by atoms with E-state index in [1.165, 1.54) is 0 Å². The number of hydrogen-bond acceptors (Lipinski definition) is 4. The topological polar surface area (TPSA) is 64.5 Å². The zero-order chi connectivity index (χ0) is 12.5. The highest BCUT2D eigenvalue weighted by atomic mass is 79.9. The van der Waals surface area contributed by atoms with E-state index in [9.17, 15) is 0 Å². The molecule has 1 aromatic carbocycles. The molecular formula is C12H20BrN3O. The van der Waals surface area contributed by atoms with Crippen molar-refractivity contribution in [1.29, 1.82) is 0 Å². The Balaban J connectivity index is 2.27. The average molecular weight is 302 g/mol. The van der Waals surface area contributed by atoms with Crippen LogP contribution in [0, 0.1) is 0 Å². The van der Waals surface area contributed by atoms with Gasteiger partial charge in [-0.15, -0.1) is 0 Å². The molecule has 0 radical (unpaired) electrons. The third-order valence-corrected chi connectivity index (χ3v) is 2.91. The summed E-state index contributed by atoms with van der Waals surface area (Å²) in [7, 11) is 0. The average Bonchev–Trinajstić information content (AvgIpc) is 2.32. The van der Waals surface area contributed by atoms with Crippen LogP contribution < -0.4 is 16.2 Å². The minimum atomic E-state index is 0.651. The van der Waals surface area contributed by atoms with Crippen LogP contribution in [-0.4, -0.2) is 44.2 Å². The first-order valence-corrected chi connectivity index (χ1v) is 6.56. The molecule has 0 bridgehead atoms. The summed E-state index contributed by atoms with van der Waals surface area (Å²) in [5.74, 6) is 0.883. The highest BCUT2D eigenvalue weighted by molar-refractivity contribution is 9.10. The van der Waals surface area contributed by atoms with Gasteiger partial charge in [0, 0.05) is 37.2 Å². The lowest BCUT2D eigenvalue weighted by Crippen LogP contribution is -2.36. The van der Waals surface area contributed by atoms with Crippen molar-refractivity contribution in [3.8, 4) is 5.75 Å². The number of benzene rings is 1. The first kappa shape index (κ1) is 14.4. The molecule has 0 aromatic heterocycles. The van der Waals surface area contributed by atoms with Crippen LogP contribution in [0.2, 0.25) is 0 Å². The number of ether oxygens (including phenoxy) is 1. The fraction of sp³-hybridized carbons (Fsp3) is 0.500. The second-order valence-corrected chi connectivity index (χ2v) is 4.64. The Morgan fingerprint density at radius 2 is 1.59 bits per heavy atom. The Hall–Kier alpha value is -0.620. The molecule has 0 aliphatic heterocycles. The monoisotopic (exact) mass is 301 g/mol. The third kappa shape index (κ3) is 6.02. The van der Waals surface area contributed by atoms with E-state index in [4.69, 9.17) is 16.2 Å². The number of hydrogen-bond donors (Lipinski definition) is 2. The summed E-state index contributed by atoms with van der Waals surface area (Å²) in [5, 5.41) is 0. The van der Waals surface area contributed by atoms with Crippen molar-refractivity contribution in [2.45, 2.75) is 0 Å². The Labute approximate surface area is 111 Å². The van der Waals surface area contributed by atoms with E-state index in [1.807, 2.05) is 24.3 Å². The maximum atomic E-state index is 5.64. The van der Waals surface area contributed by atoms with Crippen molar-refractivity contribution in [2.75, 3.05) is 39.3 Å². The van der Waals surface area contributed by atoms with Gasteiger partial charge in [0.15, 0.2) is 0 Å². The van der Waals surface area contributed by atoms with Crippen LogP contribution >= 0.6 is 15.9 Å². The smallest absolute Gasteiger partial charge is 0.119 e. The normalized spacial score (nSPS) is 10.8. The highest BCUT2D eigenvalue weighted by Gasteiger charge is 2.02. The van der Waals surface area contributed by atoms with Crippen LogP contribution in [-0.2, 0) is 0 Å². The van der Waals surface area contributed by atoms with Gasteiger partial charge in [0.2, 0.25) is 0 Å². The number of halogens is 1. The third-order valence-electron chi connectivity index (χ3n) is 2.38. The molecule has 0 spiro atoms. The summed E-state index contributed by atoms with van der Waals surface area (Å²) in [6.45, 7) is 4.53. The summed E-state index contributed by atoms with van der Waals surface area (Å²) in [6.07, 6.45) is 0. The number of nitrogens with two attached hydrogens (primary N) is 2. The SMILES string of the molecule is NCCN(CCN)CCOc1ccc(Br)cc1. The standard InChI is InChI=1S/C12H20BrN3O/c13-11-1-3-12(4-2-11)17-10-9-16(7-5-14)8-6-15/h1-4H,5-10,14-15H2. The van der Waals surface area contributed by atoms with Gasteiger partial charge in [-0.3, -0.25) is 4.90 Å². The molecule has 0 amide bonds. The molecule has 17 heavy (non-hydrogen) atoms. The van der Waals surface area contributed by atoms with Crippen molar-refractivity contribution in [3.05, 3.63) is 28.7 Å². The molecule has 0 saturated carbocycles. The Bertz CT molecular complexity index is 299. The first-order chi connectivity index (χ1) is 8.26.